The van der Waals surface area contributed by atoms with Crippen LogP contribution in [0.3, 0.4) is 0 Å². The summed E-state index contributed by atoms with van der Waals surface area (Å²) in [7, 11) is 0. The highest BCUT2D eigenvalue weighted by atomic mass is 79.9. The van der Waals surface area contributed by atoms with Crippen molar-refractivity contribution in [3.8, 4) is 5.88 Å². The summed E-state index contributed by atoms with van der Waals surface area (Å²) < 4.78 is 6.79. The van der Waals surface area contributed by atoms with E-state index >= 15 is 0 Å². The van der Waals surface area contributed by atoms with Crippen molar-refractivity contribution in [2.45, 2.75) is 11.4 Å². The zero-order valence-corrected chi connectivity index (χ0v) is 8.19. The van der Waals surface area contributed by atoms with Gasteiger partial charge in [-0.1, -0.05) is 15.9 Å². The van der Waals surface area contributed by atoms with Crippen LogP contribution >= 0.6 is 15.9 Å². The average Bonchev–Trinajstić information content (AvgIpc) is 2.46. The van der Waals surface area contributed by atoms with Crippen LogP contribution < -0.4 is 4.74 Å². The molecule has 1 N–H and O–H groups in total. The van der Waals surface area contributed by atoms with E-state index in [1.165, 1.54) is 6.20 Å². The SMILES string of the molecule is O=C(O)c1cnn2c1OC[C@H](Br)C2. The van der Waals surface area contributed by atoms with Crippen molar-refractivity contribution in [2.75, 3.05) is 6.61 Å². The minimum atomic E-state index is -1.01. The fourth-order valence-electron chi connectivity index (χ4n) is 1.21. The van der Waals surface area contributed by atoms with Crippen LogP contribution in [0, 0.1) is 0 Å². The Bertz CT molecular complexity index is 350. The van der Waals surface area contributed by atoms with E-state index in [2.05, 4.69) is 21.0 Å². The molecule has 5 nitrogen and oxygen atoms in total. The summed E-state index contributed by atoms with van der Waals surface area (Å²) >= 11 is 3.37. The molecule has 13 heavy (non-hydrogen) atoms. The Morgan fingerprint density at radius 3 is 3.31 bits per heavy atom. The molecule has 0 bridgehead atoms. The zero-order valence-electron chi connectivity index (χ0n) is 6.61. The van der Waals surface area contributed by atoms with Gasteiger partial charge in [0.15, 0.2) is 0 Å². The molecule has 6 heteroatoms. The molecule has 1 aliphatic rings. The second-order valence-electron chi connectivity index (χ2n) is 2.76. The average molecular weight is 247 g/mol. The molecular weight excluding hydrogens is 240 g/mol. The number of halogens is 1. The summed E-state index contributed by atoms with van der Waals surface area (Å²) in [5.74, 6) is -0.655. The highest BCUT2D eigenvalue weighted by Crippen LogP contribution is 2.24. The van der Waals surface area contributed by atoms with Crippen molar-refractivity contribution in [3.05, 3.63) is 11.8 Å². The van der Waals surface area contributed by atoms with E-state index in [1.807, 2.05) is 0 Å². The number of carboxylic acids is 1. The smallest absolute Gasteiger partial charge is 0.342 e. The fraction of sp³-hybridized carbons (Fsp3) is 0.429. The zero-order chi connectivity index (χ0) is 9.42. The molecule has 0 saturated carbocycles. The van der Waals surface area contributed by atoms with Gasteiger partial charge in [-0.05, 0) is 0 Å². The number of alkyl halides is 1. The first-order valence-corrected chi connectivity index (χ1v) is 4.66. The van der Waals surface area contributed by atoms with Gasteiger partial charge >= 0.3 is 5.97 Å². The molecular formula is C7H7BrN2O3. The Morgan fingerprint density at radius 2 is 2.62 bits per heavy atom. The van der Waals surface area contributed by atoms with Crippen LogP contribution in [-0.2, 0) is 6.54 Å². The van der Waals surface area contributed by atoms with E-state index in [4.69, 9.17) is 9.84 Å². The summed E-state index contributed by atoms with van der Waals surface area (Å²) in [6.07, 6.45) is 1.31. The minimum absolute atomic E-state index is 0.124. The largest absolute Gasteiger partial charge is 0.477 e. The third-order valence-electron chi connectivity index (χ3n) is 1.79. The van der Waals surface area contributed by atoms with Gasteiger partial charge in [-0.3, -0.25) is 0 Å². The van der Waals surface area contributed by atoms with Gasteiger partial charge in [-0.25, -0.2) is 9.48 Å². The van der Waals surface area contributed by atoms with Crippen LogP contribution in [-0.4, -0.2) is 32.3 Å². The van der Waals surface area contributed by atoms with Crippen molar-refractivity contribution in [3.63, 3.8) is 0 Å². The first-order chi connectivity index (χ1) is 6.18. The number of rotatable bonds is 1. The highest BCUT2D eigenvalue weighted by Gasteiger charge is 2.24. The van der Waals surface area contributed by atoms with E-state index in [0.29, 0.717) is 19.0 Å². The molecule has 0 amide bonds. The number of hydrogen-bond donors (Lipinski definition) is 1. The van der Waals surface area contributed by atoms with Gasteiger partial charge in [-0.15, -0.1) is 0 Å². The number of ether oxygens (including phenoxy) is 1. The molecule has 1 atom stereocenters. The highest BCUT2D eigenvalue weighted by molar-refractivity contribution is 9.09. The number of aromatic carboxylic acids is 1. The van der Waals surface area contributed by atoms with Gasteiger partial charge in [0, 0.05) is 0 Å². The second-order valence-corrected chi connectivity index (χ2v) is 4.05. The van der Waals surface area contributed by atoms with Crippen molar-refractivity contribution in [1.82, 2.24) is 9.78 Å². The summed E-state index contributed by atoms with van der Waals surface area (Å²) in [5.41, 5.74) is 0.124. The number of aromatic nitrogens is 2. The molecule has 0 spiro atoms. The molecule has 70 valence electrons. The Morgan fingerprint density at radius 1 is 1.85 bits per heavy atom. The van der Waals surface area contributed by atoms with Crippen LogP contribution in [0.4, 0.5) is 0 Å². The lowest BCUT2D eigenvalue weighted by atomic mass is 10.3. The van der Waals surface area contributed by atoms with E-state index in [-0.39, 0.29) is 10.4 Å². The van der Waals surface area contributed by atoms with Crippen LogP contribution in [0.2, 0.25) is 0 Å². The van der Waals surface area contributed by atoms with E-state index in [9.17, 15) is 4.79 Å². The summed E-state index contributed by atoms with van der Waals surface area (Å²) in [4.78, 5) is 10.9. The van der Waals surface area contributed by atoms with Gasteiger partial charge in [0.1, 0.15) is 12.2 Å². The topological polar surface area (TPSA) is 64.3 Å². The third-order valence-corrected chi connectivity index (χ3v) is 2.35. The van der Waals surface area contributed by atoms with Gasteiger partial charge in [0.2, 0.25) is 5.88 Å². The third kappa shape index (κ3) is 1.41. The maximum Gasteiger partial charge on any atom is 0.342 e. The summed E-state index contributed by atoms with van der Waals surface area (Å²) in [6.45, 7) is 1.12. The Hall–Kier alpha value is -1.04. The molecule has 0 aromatic carbocycles. The molecule has 1 aromatic rings. The van der Waals surface area contributed by atoms with Gasteiger partial charge in [0.25, 0.3) is 0 Å². The minimum Gasteiger partial charge on any atom is -0.477 e. The predicted molar refractivity (Wildman–Crippen MR) is 47.4 cm³/mol. The summed E-state index contributed by atoms with van der Waals surface area (Å²) in [5, 5.41) is 12.7. The van der Waals surface area contributed by atoms with Crippen LogP contribution in [0.25, 0.3) is 0 Å². The lowest BCUT2D eigenvalue weighted by Crippen LogP contribution is -2.26. The fourth-order valence-corrected chi connectivity index (χ4v) is 1.62. The monoisotopic (exact) mass is 246 g/mol. The Labute approximate surface area is 82.4 Å². The van der Waals surface area contributed by atoms with Gasteiger partial charge in [0.05, 0.1) is 17.6 Å². The number of nitrogens with zero attached hydrogens (tertiary/aromatic N) is 2. The lowest BCUT2D eigenvalue weighted by molar-refractivity contribution is 0.0690. The molecule has 1 aliphatic heterocycles. The number of fused-ring (bicyclic) bond motifs is 1. The molecule has 0 unspecified atom stereocenters. The predicted octanol–water partition coefficient (Wildman–Crippen LogP) is 0.737. The van der Waals surface area contributed by atoms with Crippen LogP contribution in [0.5, 0.6) is 5.88 Å². The number of carboxylic acid groups (broad SMARTS) is 1. The molecule has 0 saturated heterocycles. The first-order valence-electron chi connectivity index (χ1n) is 3.74. The standard InChI is InChI=1S/C7H7BrN2O3/c8-4-2-10-6(13-3-4)5(1-9-10)7(11)12/h1,4H,2-3H2,(H,11,12)/t4-/m1/s1. The molecule has 0 aliphatic carbocycles. The molecule has 2 heterocycles. The maximum absolute atomic E-state index is 10.7. The van der Waals surface area contributed by atoms with Crippen molar-refractivity contribution >= 4 is 21.9 Å². The van der Waals surface area contributed by atoms with Crippen LogP contribution in [0.1, 0.15) is 10.4 Å². The van der Waals surface area contributed by atoms with E-state index in [0.717, 1.165) is 0 Å². The molecule has 2 rings (SSSR count). The van der Waals surface area contributed by atoms with Crippen molar-refractivity contribution in [2.24, 2.45) is 0 Å². The van der Waals surface area contributed by atoms with E-state index in [1.54, 1.807) is 4.68 Å². The van der Waals surface area contributed by atoms with Gasteiger partial charge in [-0.2, -0.15) is 5.10 Å². The normalized spacial score (nSPS) is 20.5. The van der Waals surface area contributed by atoms with E-state index < -0.39 is 5.97 Å². The first kappa shape index (κ1) is 8.55. The summed E-state index contributed by atoms with van der Waals surface area (Å²) in [6, 6.07) is 0. The number of carbonyl (C=O) groups is 1. The molecule has 0 fully saturated rings. The molecule has 0 radical (unpaired) electrons. The van der Waals surface area contributed by atoms with Gasteiger partial charge < -0.3 is 9.84 Å². The Kier molecular flexibility index (Phi) is 1.99. The second kappa shape index (κ2) is 3.02. The number of hydrogen-bond acceptors (Lipinski definition) is 3. The quantitative estimate of drug-likeness (QED) is 0.743. The van der Waals surface area contributed by atoms with Crippen molar-refractivity contribution in [1.29, 1.82) is 0 Å². The lowest BCUT2D eigenvalue weighted by Gasteiger charge is -2.19. The van der Waals surface area contributed by atoms with Crippen molar-refractivity contribution < 1.29 is 14.6 Å². The maximum atomic E-state index is 10.7. The molecule has 1 aromatic heterocycles. The Balaban J connectivity index is 2.39. The van der Waals surface area contributed by atoms with Crippen LogP contribution in [0.15, 0.2) is 6.20 Å².